The lowest BCUT2D eigenvalue weighted by atomic mass is 9.99. The highest BCUT2D eigenvalue weighted by molar-refractivity contribution is 5.86. The highest BCUT2D eigenvalue weighted by Crippen LogP contribution is 2.19. The molecular weight excluding hydrogens is 266 g/mol. The molecule has 21 heavy (non-hydrogen) atoms. The SMILES string of the molecule is COC(=O)[C@H](N=Cc1ccc(OC)cc1)C1=CCC=CC1. The molecule has 1 aromatic rings. The molecule has 0 saturated carbocycles. The van der Waals surface area contributed by atoms with Crippen LogP contribution in [-0.4, -0.2) is 32.4 Å². The van der Waals surface area contributed by atoms with Crippen molar-refractivity contribution in [1.29, 1.82) is 0 Å². The van der Waals surface area contributed by atoms with E-state index in [1.165, 1.54) is 7.11 Å². The minimum atomic E-state index is -0.568. The predicted molar refractivity (Wildman–Crippen MR) is 82.8 cm³/mol. The minimum Gasteiger partial charge on any atom is -0.497 e. The standard InChI is InChI=1S/C17H19NO3/c1-20-15-10-8-13(9-11-15)12-18-16(17(19)21-2)14-6-4-3-5-7-14/h3-4,7-12,16H,5-6H2,1-2H3/t16-/m1/s1. The van der Waals surface area contributed by atoms with Gasteiger partial charge in [0.15, 0.2) is 6.04 Å². The van der Waals surface area contributed by atoms with Crippen molar-refractivity contribution in [3.63, 3.8) is 0 Å². The number of hydrogen-bond acceptors (Lipinski definition) is 4. The molecule has 0 fully saturated rings. The number of methoxy groups -OCH3 is 2. The molecule has 0 unspecified atom stereocenters. The van der Waals surface area contributed by atoms with Gasteiger partial charge in [-0.2, -0.15) is 0 Å². The fourth-order valence-electron chi connectivity index (χ4n) is 2.11. The Bertz CT molecular complexity index is 570. The Morgan fingerprint density at radius 2 is 2.00 bits per heavy atom. The highest BCUT2D eigenvalue weighted by atomic mass is 16.5. The second kappa shape index (κ2) is 7.43. The number of rotatable bonds is 5. The first-order valence-corrected chi connectivity index (χ1v) is 6.83. The van der Waals surface area contributed by atoms with E-state index in [2.05, 4.69) is 11.1 Å². The quantitative estimate of drug-likeness (QED) is 0.475. The Morgan fingerprint density at radius 1 is 1.24 bits per heavy atom. The summed E-state index contributed by atoms with van der Waals surface area (Å²) in [7, 11) is 3.01. The van der Waals surface area contributed by atoms with Gasteiger partial charge >= 0.3 is 5.97 Å². The zero-order valence-electron chi connectivity index (χ0n) is 12.3. The number of hydrogen-bond donors (Lipinski definition) is 0. The van der Waals surface area contributed by atoms with Gasteiger partial charge in [0.25, 0.3) is 0 Å². The van der Waals surface area contributed by atoms with Gasteiger partial charge in [-0.05, 0) is 48.2 Å². The maximum Gasteiger partial charge on any atom is 0.334 e. The van der Waals surface area contributed by atoms with E-state index < -0.39 is 6.04 Å². The molecule has 0 N–H and O–H groups in total. The van der Waals surface area contributed by atoms with Crippen molar-refractivity contribution in [2.24, 2.45) is 4.99 Å². The first-order chi connectivity index (χ1) is 10.2. The van der Waals surface area contributed by atoms with Crippen LogP contribution in [0.4, 0.5) is 0 Å². The molecule has 0 amide bonds. The monoisotopic (exact) mass is 285 g/mol. The van der Waals surface area contributed by atoms with E-state index in [9.17, 15) is 4.79 Å². The number of nitrogens with zero attached hydrogens (tertiary/aromatic N) is 1. The van der Waals surface area contributed by atoms with Gasteiger partial charge in [-0.25, -0.2) is 4.79 Å². The smallest absolute Gasteiger partial charge is 0.334 e. The Balaban J connectivity index is 2.15. The molecule has 1 atom stereocenters. The van der Waals surface area contributed by atoms with Crippen LogP contribution in [0.5, 0.6) is 5.75 Å². The first kappa shape index (κ1) is 15.0. The predicted octanol–water partition coefficient (Wildman–Crippen LogP) is 2.93. The highest BCUT2D eigenvalue weighted by Gasteiger charge is 2.22. The van der Waals surface area contributed by atoms with Gasteiger partial charge in [0.05, 0.1) is 14.2 Å². The zero-order chi connectivity index (χ0) is 15.1. The van der Waals surface area contributed by atoms with Crippen LogP contribution in [0.1, 0.15) is 18.4 Å². The molecule has 1 aliphatic rings. The average Bonchev–Trinajstić information content (AvgIpc) is 2.56. The van der Waals surface area contributed by atoms with Gasteiger partial charge in [0, 0.05) is 6.21 Å². The molecule has 0 heterocycles. The lowest BCUT2D eigenvalue weighted by Gasteiger charge is -2.15. The van der Waals surface area contributed by atoms with Gasteiger partial charge in [-0.3, -0.25) is 4.99 Å². The van der Waals surface area contributed by atoms with Crippen LogP contribution in [-0.2, 0) is 9.53 Å². The second-order valence-corrected chi connectivity index (χ2v) is 4.67. The summed E-state index contributed by atoms with van der Waals surface area (Å²) in [5.41, 5.74) is 1.89. The fraction of sp³-hybridized carbons (Fsp3) is 0.294. The van der Waals surface area contributed by atoms with Crippen molar-refractivity contribution >= 4 is 12.2 Å². The van der Waals surface area contributed by atoms with Gasteiger partial charge in [-0.1, -0.05) is 18.2 Å². The summed E-state index contributed by atoms with van der Waals surface area (Å²) in [5.74, 6) is 0.457. The molecule has 0 aromatic heterocycles. The number of carbonyl (C=O) groups excluding carboxylic acids is 1. The van der Waals surface area contributed by atoms with Crippen molar-refractivity contribution < 1.29 is 14.3 Å². The van der Waals surface area contributed by atoms with E-state index >= 15 is 0 Å². The van der Waals surface area contributed by atoms with Crippen LogP contribution in [0.2, 0.25) is 0 Å². The summed E-state index contributed by atoms with van der Waals surface area (Å²) in [5, 5.41) is 0. The third-order valence-corrected chi connectivity index (χ3v) is 3.30. The van der Waals surface area contributed by atoms with Gasteiger partial charge < -0.3 is 9.47 Å². The average molecular weight is 285 g/mol. The maximum absolute atomic E-state index is 11.9. The van der Waals surface area contributed by atoms with E-state index in [4.69, 9.17) is 9.47 Å². The van der Waals surface area contributed by atoms with Crippen molar-refractivity contribution in [3.05, 3.63) is 53.6 Å². The van der Waals surface area contributed by atoms with Crippen molar-refractivity contribution in [2.75, 3.05) is 14.2 Å². The second-order valence-electron chi connectivity index (χ2n) is 4.67. The Kier molecular flexibility index (Phi) is 5.32. The molecule has 1 aliphatic carbocycles. The lowest BCUT2D eigenvalue weighted by molar-refractivity contribution is -0.141. The summed E-state index contributed by atoms with van der Waals surface area (Å²) < 4.78 is 9.96. The number of benzene rings is 1. The maximum atomic E-state index is 11.9. The van der Waals surface area contributed by atoms with E-state index in [1.54, 1.807) is 13.3 Å². The fourth-order valence-corrected chi connectivity index (χ4v) is 2.11. The number of ether oxygens (including phenoxy) is 2. The molecule has 0 saturated heterocycles. The first-order valence-electron chi connectivity index (χ1n) is 6.83. The van der Waals surface area contributed by atoms with Crippen molar-refractivity contribution in [1.82, 2.24) is 0 Å². The third kappa shape index (κ3) is 4.05. The Hall–Kier alpha value is -2.36. The molecule has 110 valence electrons. The molecule has 4 nitrogen and oxygen atoms in total. The molecular formula is C17H19NO3. The molecule has 0 aliphatic heterocycles. The van der Waals surface area contributed by atoms with Crippen molar-refractivity contribution in [2.45, 2.75) is 18.9 Å². The van der Waals surface area contributed by atoms with Crippen LogP contribution in [0.15, 0.2) is 53.1 Å². The lowest BCUT2D eigenvalue weighted by Crippen LogP contribution is -2.23. The molecule has 1 aromatic carbocycles. The number of esters is 1. The van der Waals surface area contributed by atoms with Crippen LogP contribution < -0.4 is 4.74 Å². The topological polar surface area (TPSA) is 47.9 Å². The molecule has 0 bridgehead atoms. The Labute approximate surface area is 124 Å². The molecule has 2 rings (SSSR count). The summed E-state index contributed by atoms with van der Waals surface area (Å²) in [6.45, 7) is 0. The van der Waals surface area contributed by atoms with Crippen LogP contribution in [0.25, 0.3) is 0 Å². The molecule has 0 radical (unpaired) electrons. The van der Waals surface area contributed by atoms with E-state index in [-0.39, 0.29) is 5.97 Å². The van der Waals surface area contributed by atoms with Crippen LogP contribution in [0.3, 0.4) is 0 Å². The number of aliphatic imine (C=N–C) groups is 1. The Morgan fingerprint density at radius 3 is 2.57 bits per heavy atom. The van der Waals surface area contributed by atoms with Gasteiger partial charge in [-0.15, -0.1) is 0 Å². The number of carbonyl (C=O) groups is 1. The summed E-state index contributed by atoms with van der Waals surface area (Å²) in [4.78, 5) is 16.3. The largest absolute Gasteiger partial charge is 0.497 e. The molecule has 4 heteroatoms. The van der Waals surface area contributed by atoms with Crippen LogP contribution in [0, 0.1) is 0 Å². The minimum absolute atomic E-state index is 0.332. The van der Waals surface area contributed by atoms with E-state index in [1.807, 2.05) is 36.4 Å². The normalized spacial score (nSPS) is 15.6. The van der Waals surface area contributed by atoms with E-state index in [0.717, 1.165) is 29.7 Å². The van der Waals surface area contributed by atoms with Gasteiger partial charge in [0.1, 0.15) is 5.75 Å². The summed E-state index contributed by atoms with van der Waals surface area (Å²) in [6.07, 6.45) is 9.42. The molecule has 0 spiro atoms. The van der Waals surface area contributed by atoms with Crippen molar-refractivity contribution in [3.8, 4) is 5.75 Å². The summed E-state index contributed by atoms with van der Waals surface area (Å²) in [6, 6.07) is 6.94. The zero-order valence-corrected chi connectivity index (χ0v) is 12.3. The third-order valence-electron chi connectivity index (χ3n) is 3.30. The summed E-state index contributed by atoms with van der Waals surface area (Å²) >= 11 is 0. The number of allylic oxidation sites excluding steroid dienone is 3. The van der Waals surface area contributed by atoms with Crippen LogP contribution >= 0.6 is 0 Å². The van der Waals surface area contributed by atoms with E-state index in [0.29, 0.717) is 0 Å². The van der Waals surface area contributed by atoms with Gasteiger partial charge in [0.2, 0.25) is 0 Å².